The summed E-state index contributed by atoms with van der Waals surface area (Å²) >= 11 is 0. The zero-order valence-corrected chi connectivity index (χ0v) is 20.5. The van der Waals surface area contributed by atoms with Gasteiger partial charge in [-0.15, -0.1) is 0 Å². The molecule has 1 nitrogen and oxygen atoms in total. The quantitative estimate of drug-likeness (QED) is 0.309. The molecule has 1 heteroatoms. The molecule has 0 saturated heterocycles. The van der Waals surface area contributed by atoms with E-state index in [-0.39, 0.29) is 5.41 Å². The SMILES string of the molecule is CCCCCCC1CCC([C@H]2CC[C@@H]3C[C@](C#N)(CCCCCC)CC[C@@H]3C2)CC1. The van der Waals surface area contributed by atoms with Crippen molar-refractivity contribution in [3.63, 3.8) is 0 Å². The van der Waals surface area contributed by atoms with E-state index in [1.54, 1.807) is 0 Å². The molecule has 3 aliphatic rings. The minimum atomic E-state index is 0.0393. The van der Waals surface area contributed by atoms with Crippen molar-refractivity contribution in [3.05, 3.63) is 0 Å². The predicted molar refractivity (Wildman–Crippen MR) is 129 cm³/mol. The summed E-state index contributed by atoms with van der Waals surface area (Å²) in [5, 5.41) is 10.0. The van der Waals surface area contributed by atoms with Crippen LogP contribution in [0.4, 0.5) is 0 Å². The average molecular weight is 414 g/mol. The van der Waals surface area contributed by atoms with Gasteiger partial charge in [0.1, 0.15) is 0 Å². The van der Waals surface area contributed by atoms with E-state index >= 15 is 0 Å². The minimum Gasteiger partial charge on any atom is -0.198 e. The zero-order chi connectivity index (χ0) is 21.2. The lowest BCUT2D eigenvalue weighted by Crippen LogP contribution is -2.38. The predicted octanol–water partition coefficient (Wildman–Crippen LogP) is 9.46. The van der Waals surface area contributed by atoms with E-state index < -0.39 is 0 Å². The summed E-state index contributed by atoms with van der Waals surface area (Å²) in [7, 11) is 0. The zero-order valence-electron chi connectivity index (χ0n) is 20.5. The molecule has 0 unspecified atom stereocenters. The van der Waals surface area contributed by atoms with Crippen LogP contribution in [0, 0.1) is 46.3 Å². The summed E-state index contributed by atoms with van der Waals surface area (Å²) in [5.74, 6) is 4.93. The molecule has 0 spiro atoms. The maximum atomic E-state index is 10.0. The van der Waals surface area contributed by atoms with Crippen LogP contribution in [0.5, 0.6) is 0 Å². The van der Waals surface area contributed by atoms with Gasteiger partial charge in [0.2, 0.25) is 0 Å². The van der Waals surface area contributed by atoms with Gasteiger partial charge in [0.05, 0.1) is 11.5 Å². The maximum Gasteiger partial charge on any atom is 0.0689 e. The molecule has 172 valence electrons. The topological polar surface area (TPSA) is 23.8 Å². The van der Waals surface area contributed by atoms with Crippen molar-refractivity contribution >= 4 is 0 Å². The number of hydrogen-bond acceptors (Lipinski definition) is 1. The maximum absolute atomic E-state index is 10.0. The molecule has 0 aromatic rings. The Morgan fingerprint density at radius 2 is 1.33 bits per heavy atom. The second kappa shape index (κ2) is 12.5. The van der Waals surface area contributed by atoms with Crippen LogP contribution >= 0.6 is 0 Å². The van der Waals surface area contributed by atoms with Crippen LogP contribution in [-0.4, -0.2) is 0 Å². The number of fused-ring (bicyclic) bond motifs is 1. The van der Waals surface area contributed by atoms with Gasteiger partial charge < -0.3 is 0 Å². The Kier molecular flexibility index (Phi) is 10.1. The van der Waals surface area contributed by atoms with Crippen LogP contribution < -0.4 is 0 Å². The van der Waals surface area contributed by atoms with Crippen molar-refractivity contribution in [3.8, 4) is 6.07 Å². The molecular formula is C29H51N. The molecule has 0 bridgehead atoms. The Balaban J connectivity index is 1.39. The third-order valence-corrected chi connectivity index (χ3v) is 9.60. The van der Waals surface area contributed by atoms with Crippen molar-refractivity contribution in [2.45, 2.75) is 142 Å². The summed E-state index contributed by atoms with van der Waals surface area (Å²) in [4.78, 5) is 0. The lowest BCUT2D eigenvalue weighted by molar-refractivity contribution is 0.0377. The fourth-order valence-electron chi connectivity index (χ4n) is 7.56. The number of nitrogens with zero attached hydrogens (tertiary/aromatic N) is 1. The Morgan fingerprint density at radius 3 is 2.03 bits per heavy atom. The van der Waals surface area contributed by atoms with Crippen molar-refractivity contribution < 1.29 is 0 Å². The molecule has 0 aliphatic heterocycles. The Bertz CT molecular complexity index is 511. The first kappa shape index (κ1) is 24.1. The normalized spacial score (nSPS) is 36.8. The molecule has 0 aromatic carbocycles. The molecule has 0 radical (unpaired) electrons. The summed E-state index contributed by atoms with van der Waals surface area (Å²) in [6.07, 6.45) is 28.0. The molecule has 0 aromatic heterocycles. The fraction of sp³-hybridized carbons (Fsp3) is 0.966. The van der Waals surface area contributed by atoms with Gasteiger partial charge in [0.15, 0.2) is 0 Å². The third-order valence-electron chi connectivity index (χ3n) is 9.60. The van der Waals surface area contributed by atoms with E-state index in [0.29, 0.717) is 0 Å². The molecule has 0 amide bonds. The Labute approximate surface area is 188 Å². The van der Waals surface area contributed by atoms with Crippen LogP contribution in [0.15, 0.2) is 0 Å². The Morgan fingerprint density at radius 1 is 0.700 bits per heavy atom. The molecule has 3 fully saturated rings. The monoisotopic (exact) mass is 413 g/mol. The smallest absolute Gasteiger partial charge is 0.0689 e. The van der Waals surface area contributed by atoms with Gasteiger partial charge in [-0.2, -0.15) is 5.26 Å². The highest BCUT2D eigenvalue weighted by Gasteiger charge is 2.44. The molecule has 30 heavy (non-hydrogen) atoms. The first-order valence-corrected chi connectivity index (χ1v) is 14.1. The number of rotatable bonds is 11. The second-order valence-corrected chi connectivity index (χ2v) is 11.7. The van der Waals surface area contributed by atoms with Gasteiger partial charge in [-0.3, -0.25) is 0 Å². The van der Waals surface area contributed by atoms with E-state index in [9.17, 15) is 5.26 Å². The molecule has 3 aliphatic carbocycles. The Hall–Kier alpha value is -0.510. The van der Waals surface area contributed by atoms with E-state index in [4.69, 9.17) is 0 Å². The van der Waals surface area contributed by atoms with Crippen LogP contribution in [0.25, 0.3) is 0 Å². The van der Waals surface area contributed by atoms with Crippen molar-refractivity contribution in [1.29, 1.82) is 5.26 Å². The van der Waals surface area contributed by atoms with Crippen molar-refractivity contribution in [2.24, 2.45) is 35.0 Å². The standard InChI is InChI=1S/C29H51N/c1-3-5-7-9-11-24-12-14-25(15-13-24)26-16-17-28-22-29(23-30,19-10-8-6-4-2)20-18-27(28)21-26/h24-28H,3-22H2,1-2H3/t24?,25?,26-,27+,28+,29-/m0/s1. The number of hydrogen-bond donors (Lipinski definition) is 0. The van der Waals surface area contributed by atoms with Gasteiger partial charge in [0.25, 0.3) is 0 Å². The van der Waals surface area contributed by atoms with E-state index in [0.717, 1.165) is 29.6 Å². The van der Waals surface area contributed by atoms with Gasteiger partial charge >= 0.3 is 0 Å². The van der Waals surface area contributed by atoms with Gasteiger partial charge in [0, 0.05) is 0 Å². The molecule has 3 rings (SSSR count). The van der Waals surface area contributed by atoms with Crippen LogP contribution in [-0.2, 0) is 0 Å². The van der Waals surface area contributed by atoms with Gasteiger partial charge in [-0.25, -0.2) is 0 Å². The highest BCUT2D eigenvalue weighted by molar-refractivity contribution is 5.04. The largest absolute Gasteiger partial charge is 0.198 e. The van der Waals surface area contributed by atoms with Gasteiger partial charge in [-0.05, 0) is 87.4 Å². The first-order chi connectivity index (χ1) is 14.7. The van der Waals surface area contributed by atoms with Gasteiger partial charge in [-0.1, -0.05) is 84.5 Å². The molecule has 0 heterocycles. The number of unbranched alkanes of at least 4 members (excludes halogenated alkanes) is 6. The molecule has 4 atom stereocenters. The summed E-state index contributed by atoms with van der Waals surface area (Å²) < 4.78 is 0. The number of nitriles is 1. The average Bonchev–Trinajstić information content (AvgIpc) is 2.80. The van der Waals surface area contributed by atoms with E-state index in [1.165, 1.54) is 128 Å². The summed E-state index contributed by atoms with van der Waals surface area (Å²) in [6, 6.07) is 2.83. The lowest BCUT2D eigenvalue weighted by atomic mass is 9.57. The van der Waals surface area contributed by atoms with E-state index in [1.807, 2.05) is 0 Å². The second-order valence-electron chi connectivity index (χ2n) is 11.7. The highest BCUT2D eigenvalue weighted by Crippen LogP contribution is 2.53. The lowest BCUT2D eigenvalue weighted by Gasteiger charge is -2.47. The molecular weight excluding hydrogens is 362 g/mol. The van der Waals surface area contributed by atoms with Crippen LogP contribution in [0.2, 0.25) is 0 Å². The minimum absolute atomic E-state index is 0.0393. The fourth-order valence-corrected chi connectivity index (χ4v) is 7.56. The van der Waals surface area contributed by atoms with Crippen LogP contribution in [0.3, 0.4) is 0 Å². The molecule has 3 saturated carbocycles. The van der Waals surface area contributed by atoms with Crippen LogP contribution in [0.1, 0.15) is 142 Å². The van der Waals surface area contributed by atoms with E-state index in [2.05, 4.69) is 19.9 Å². The molecule has 0 N–H and O–H groups in total. The summed E-state index contributed by atoms with van der Waals surface area (Å²) in [6.45, 7) is 4.60. The third kappa shape index (κ3) is 6.74. The van der Waals surface area contributed by atoms with Crippen molar-refractivity contribution in [1.82, 2.24) is 0 Å². The first-order valence-electron chi connectivity index (χ1n) is 14.1. The van der Waals surface area contributed by atoms with Crippen molar-refractivity contribution in [2.75, 3.05) is 0 Å². The summed E-state index contributed by atoms with van der Waals surface area (Å²) in [5.41, 5.74) is 0.0393. The highest BCUT2D eigenvalue weighted by atomic mass is 14.5.